The van der Waals surface area contributed by atoms with E-state index in [-0.39, 0.29) is 23.8 Å². The highest BCUT2D eigenvalue weighted by atomic mass is 16.5. The lowest BCUT2D eigenvalue weighted by Crippen LogP contribution is -2.05. The Morgan fingerprint density at radius 2 is 2.29 bits per heavy atom. The second kappa shape index (κ2) is 5.64. The minimum atomic E-state index is -1.17. The van der Waals surface area contributed by atoms with Gasteiger partial charge in [-0.1, -0.05) is 12.2 Å². The fraction of sp³-hybridized carbons (Fsp3) is 0.182. The van der Waals surface area contributed by atoms with Gasteiger partial charge in [-0.05, 0) is 11.6 Å². The van der Waals surface area contributed by atoms with Gasteiger partial charge in [0.25, 0.3) is 0 Å². The van der Waals surface area contributed by atoms with Crippen LogP contribution in [0.4, 0.5) is 5.69 Å². The molecule has 1 rings (SSSR count). The molecule has 1 heterocycles. The fourth-order valence-corrected chi connectivity index (χ4v) is 1.14. The summed E-state index contributed by atoms with van der Waals surface area (Å²) in [6.45, 7) is 0. The molecule has 0 aliphatic carbocycles. The average Bonchev–Trinajstić information content (AvgIpc) is 2.28. The van der Waals surface area contributed by atoms with Crippen molar-refractivity contribution >= 4 is 23.7 Å². The number of anilines is 1. The first-order chi connectivity index (χ1) is 8.04. The molecule has 90 valence electrons. The maximum Gasteiger partial charge on any atom is 0.356 e. The molecule has 0 spiro atoms. The van der Waals surface area contributed by atoms with E-state index in [9.17, 15) is 9.59 Å². The lowest BCUT2D eigenvalue weighted by atomic mass is 10.2. The molecule has 1 aromatic rings. The lowest BCUT2D eigenvalue weighted by Gasteiger charge is -2.00. The number of ether oxygens (including phenoxy) is 1. The van der Waals surface area contributed by atoms with Crippen LogP contribution >= 0.6 is 0 Å². The number of hydrogen-bond acceptors (Lipinski definition) is 5. The predicted molar refractivity (Wildman–Crippen MR) is 61.3 cm³/mol. The van der Waals surface area contributed by atoms with E-state index in [0.717, 1.165) is 0 Å². The summed E-state index contributed by atoms with van der Waals surface area (Å²) in [6.07, 6.45) is 4.71. The minimum absolute atomic E-state index is 0.0812. The number of carboxylic acids is 1. The van der Waals surface area contributed by atoms with Crippen LogP contribution in [0.2, 0.25) is 0 Å². The van der Waals surface area contributed by atoms with Crippen molar-refractivity contribution in [1.82, 2.24) is 4.98 Å². The molecule has 0 unspecified atom stereocenters. The third-order valence-electron chi connectivity index (χ3n) is 1.96. The number of nitrogen functional groups attached to an aromatic ring is 1. The number of aromatic nitrogens is 1. The zero-order valence-electron chi connectivity index (χ0n) is 9.21. The Morgan fingerprint density at radius 3 is 2.82 bits per heavy atom. The standard InChI is InChI=1S/C11H12N2O4/c1-17-9(14)4-2-3-7-5-8(12)10(11(15)16)13-6-7/h2-3,5-6H,4,12H2,1H3,(H,15,16). The first kappa shape index (κ1) is 12.7. The van der Waals surface area contributed by atoms with E-state index in [2.05, 4.69) is 9.72 Å². The van der Waals surface area contributed by atoms with Gasteiger partial charge in [0.15, 0.2) is 5.69 Å². The monoisotopic (exact) mass is 236 g/mol. The number of nitrogens with two attached hydrogens (primary N) is 1. The van der Waals surface area contributed by atoms with Crippen LogP contribution in [0.3, 0.4) is 0 Å². The lowest BCUT2D eigenvalue weighted by molar-refractivity contribution is -0.139. The molecule has 0 aliphatic heterocycles. The quantitative estimate of drug-likeness (QED) is 0.754. The van der Waals surface area contributed by atoms with Crippen LogP contribution in [0.5, 0.6) is 0 Å². The summed E-state index contributed by atoms with van der Waals surface area (Å²) in [5.41, 5.74) is 6.03. The van der Waals surface area contributed by atoms with Crippen LogP contribution in [-0.4, -0.2) is 29.1 Å². The molecule has 0 aromatic carbocycles. The Hall–Kier alpha value is -2.37. The van der Waals surface area contributed by atoms with Crippen molar-refractivity contribution in [1.29, 1.82) is 0 Å². The van der Waals surface area contributed by atoms with Gasteiger partial charge in [-0.15, -0.1) is 0 Å². The summed E-state index contributed by atoms with van der Waals surface area (Å²) < 4.78 is 4.45. The number of carbonyl (C=O) groups excluding carboxylic acids is 1. The third kappa shape index (κ3) is 3.60. The van der Waals surface area contributed by atoms with Gasteiger partial charge in [-0.3, -0.25) is 4.79 Å². The third-order valence-corrected chi connectivity index (χ3v) is 1.96. The van der Waals surface area contributed by atoms with Crippen molar-refractivity contribution in [2.45, 2.75) is 6.42 Å². The van der Waals surface area contributed by atoms with Gasteiger partial charge < -0.3 is 15.6 Å². The van der Waals surface area contributed by atoms with Crippen molar-refractivity contribution < 1.29 is 19.4 Å². The van der Waals surface area contributed by atoms with Gasteiger partial charge in [0.2, 0.25) is 0 Å². The highest BCUT2D eigenvalue weighted by Gasteiger charge is 2.08. The van der Waals surface area contributed by atoms with Gasteiger partial charge in [-0.2, -0.15) is 0 Å². The molecule has 0 fully saturated rings. The largest absolute Gasteiger partial charge is 0.476 e. The summed E-state index contributed by atoms with van der Waals surface area (Å²) in [5.74, 6) is -1.53. The Morgan fingerprint density at radius 1 is 1.59 bits per heavy atom. The topological polar surface area (TPSA) is 103 Å². The highest BCUT2D eigenvalue weighted by molar-refractivity contribution is 5.91. The van der Waals surface area contributed by atoms with E-state index in [1.165, 1.54) is 19.4 Å². The first-order valence-electron chi connectivity index (χ1n) is 4.76. The van der Waals surface area contributed by atoms with E-state index in [0.29, 0.717) is 5.56 Å². The summed E-state index contributed by atoms with van der Waals surface area (Å²) >= 11 is 0. The Bertz CT molecular complexity index is 469. The van der Waals surface area contributed by atoms with Crippen molar-refractivity contribution in [3.8, 4) is 0 Å². The molecule has 6 heteroatoms. The van der Waals surface area contributed by atoms with E-state index < -0.39 is 5.97 Å². The van der Waals surface area contributed by atoms with Crippen molar-refractivity contribution in [2.75, 3.05) is 12.8 Å². The number of esters is 1. The van der Waals surface area contributed by atoms with E-state index in [1.807, 2.05) is 0 Å². The van der Waals surface area contributed by atoms with Gasteiger partial charge in [0.1, 0.15) is 0 Å². The van der Waals surface area contributed by atoms with Crippen LogP contribution in [0.1, 0.15) is 22.5 Å². The SMILES string of the molecule is COC(=O)CC=Cc1cnc(C(=O)O)c(N)c1. The van der Waals surface area contributed by atoms with Crippen molar-refractivity contribution in [2.24, 2.45) is 0 Å². The summed E-state index contributed by atoms with van der Waals surface area (Å²) in [4.78, 5) is 25.2. The van der Waals surface area contributed by atoms with Crippen LogP contribution < -0.4 is 5.73 Å². The molecule has 0 aliphatic rings. The number of methoxy groups -OCH3 is 1. The smallest absolute Gasteiger partial charge is 0.356 e. The number of hydrogen-bond donors (Lipinski definition) is 2. The average molecular weight is 236 g/mol. The van der Waals surface area contributed by atoms with Gasteiger partial charge in [0, 0.05) is 6.20 Å². The first-order valence-corrected chi connectivity index (χ1v) is 4.76. The van der Waals surface area contributed by atoms with Gasteiger partial charge in [-0.25, -0.2) is 9.78 Å². The highest BCUT2D eigenvalue weighted by Crippen LogP contribution is 2.12. The van der Waals surface area contributed by atoms with Crippen LogP contribution in [0, 0.1) is 0 Å². The number of nitrogens with zero attached hydrogens (tertiary/aromatic N) is 1. The molecule has 1 aromatic heterocycles. The zero-order valence-corrected chi connectivity index (χ0v) is 9.21. The maximum absolute atomic E-state index is 10.8. The molecule has 0 saturated heterocycles. The summed E-state index contributed by atoms with van der Waals surface area (Å²) in [5, 5.41) is 8.72. The summed E-state index contributed by atoms with van der Waals surface area (Å²) in [7, 11) is 1.30. The van der Waals surface area contributed by atoms with Gasteiger partial charge >= 0.3 is 11.9 Å². The van der Waals surface area contributed by atoms with Crippen LogP contribution in [0.15, 0.2) is 18.3 Å². The van der Waals surface area contributed by atoms with E-state index in [4.69, 9.17) is 10.8 Å². The number of carbonyl (C=O) groups is 2. The van der Waals surface area contributed by atoms with E-state index >= 15 is 0 Å². The van der Waals surface area contributed by atoms with E-state index in [1.54, 1.807) is 12.2 Å². The van der Waals surface area contributed by atoms with Crippen LogP contribution in [0.25, 0.3) is 6.08 Å². The molecule has 0 radical (unpaired) electrons. The maximum atomic E-state index is 10.8. The fourth-order valence-electron chi connectivity index (χ4n) is 1.14. The van der Waals surface area contributed by atoms with Crippen molar-refractivity contribution in [3.63, 3.8) is 0 Å². The zero-order chi connectivity index (χ0) is 12.8. The second-order valence-electron chi connectivity index (χ2n) is 3.19. The molecule has 0 amide bonds. The van der Waals surface area contributed by atoms with Crippen LogP contribution in [-0.2, 0) is 9.53 Å². The number of pyridine rings is 1. The Balaban J connectivity index is 2.77. The number of rotatable bonds is 4. The van der Waals surface area contributed by atoms with Crippen molar-refractivity contribution in [3.05, 3.63) is 29.6 Å². The van der Waals surface area contributed by atoms with Gasteiger partial charge in [0.05, 0.1) is 19.2 Å². The Kier molecular flexibility index (Phi) is 4.21. The molecule has 0 bridgehead atoms. The molecule has 6 nitrogen and oxygen atoms in total. The predicted octanol–water partition coefficient (Wildman–Crippen LogP) is 0.938. The Labute approximate surface area is 97.7 Å². The molecule has 3 N–H and O–H groups in total. The molecule has 0 saturated carbocycles. The second-order valence-corrected chi connectivity index (χ2v) is 3.19. The minimum Gasteiger partial charge on any atom is -0.476 e. The number of aromatic carboxylic acids is 1. The number of carboxylic acid groups (broad SMARTS) is 1. The molecular weight excluding hydrogens is 224 g/mol. The normalized spacial score (nSPS) is 10.4. The molecule has 0 atom stereocenters. The molecular formula is C11H12N2O4. The summed E-state index contributed by atoms with van der Waals surface area (Å²) in [6, 6.07) is 1.48. The molecule has 17 heavy (non-hydrogen) atoms.